The van der Waals surface area contributed by atoms with E-state index in [4.69, 9.17) is 0 Å². The highest BCUT2D eigenvalue weighted by molar-refractivity contribution is 5.60. The van der Waals surface area contributed by atoms with Gasteiger partial charge in [-0.1, -0.05) is 19.9 Å². The maximum absolute atomic E-state index is 9.41. The number of hydrogen-bond donors (Lipinski definition) is 2. The Morgan fingerprint density at radius 1 is 1.37 bits per heavy atom. The molecule has 4 heteroatoms. The Labute approximate surface area is 115 Å². The van der Waals surface area contributed by atoms with Gasteiger partial charge in [0.1, 0.15) is 6.07 Å². The third kappa shape index (κ3) is 4.90. The molecule has 19 heavy (non-hydrogen) atoms. The molecule has 104 valence electrons. The third-order valence-corrected chi connectivity index (χ3v) is 2.85. The number of nitriles is 1. The van der Waals surface area contributed by atoms with E-state index in [1.807, 2.05) is 30.1 Å². The number of aliphatic hydroxyl groups excluding tert-OH is 1. The summed E-state index contributed by atoms with van der Waals surface area (Å²) in [6.07, 6.45) is -0.418. The van der Waals surface area contributed by atoms with Gasteiger partial charge in [0.15, 0.2) is 0 Å². The van der Waals surface area contributed by atoms with E-state index in [0.717, 1.165) is 17.8 Å². The highest BCUT2D eigenvalue weighted by Crippen LogP contribution is 2.20. The van der Waals surface area contributed by atoms with Gasteiger partial charge in [-0.3, -0.25) is 0 Å². The summed E-state index contributed by atoms with van der Waals surface area (Å²) in [4.78, 5) is 1.91. The van der Waals surface area contributed by atoms with Gasteiger partial charge in [-0.2, -0.15) is 5.26 Å². The molecule has 1 aromatic rings. The van der Waals surface area contributed by atoms with E-state index in [2.05, 4.69) is 25.2 Å². The Balaban J connectivity index is 2.87. The molecule has 2 N–H and O–H groups in total. The molecule has 1 atom stereocenters. The minimum Gasteiger partial charge on any atom is -0.392 e. The lowest BCUT2D eigenvalue weighted by Gasteiger charge is -2.22. The highest BCUT2D eigenvalue weighted by Gasteiger charge is 2.10. The maximum atomic E-state index is 9.41. The van der Waals surface area contributed by atoms with Gasteiger partial charge in [-0.05, 0) is 24.6 Å². The number of hydrogen-bond acceptors (Lipinski definition) is 4. The van der Waals surface area contributed by atoms with Crippen molar-refractivity contribution in [3.8, 4) is 6.07 Å². The van der Waals surface area contributed by atoms with Crippen molar-refractivity contribution in [1.82, 2.24) is 5.32 Å². The number of nitrogens with one attached hydrogen (secondary N) is 1. The molecule has 0 aromatic heterocycles. The standard InChI is InChI=1S/C15H23N3O/c1-11(2)17-9-13-5-6-15(14(7-13)8-16)18(4)10-12(3)19/h5-7,11-12,17,19H,9-10H2,1-4H3. The molecule has 0 spiro atoms. The van der Waals surface area contributed by atoms with Gasteiger partial charge >= 0.3 is 0 Å². The Morgan fingerprint density at radius 3 is 2.58 bits per heavy atom. The quantitative estimate of drug-likeness (QED) is 0.821. The minimum atomic E-state index is -0.418. The van der Waals surface area contributed by atoms with Crippen LogP contribution in [0, 0.1) is 11.3 Å². The molecule has 0 fully saturated rings. The molecule has 0 amide bonds. The summed E-state index contributed by atoms with van der Waals surface area (Å²) >= 11 is 0. The average molecular weight is 261 g/mol. The van der Waals surface area contributed by atoms with Gasteiger partial charge in [0.05, 0.1) is 17.4 Å². The maximum Gasteiger partial charge on any atom is 0.101 e. The second-order valence-corrected chi connectivity index (χ2v) is 5.23. The van der Waals surface area contributed by atoms with Crippen LogP contribution >= 0.6 is 0 Å². The van der Waals surface area contributed by atoms with Crippen LogP contribution in [0.25, 0.3) is 0 Å². The van der Waals surface area contributed by atoms with E-state index in [1.165, 1.54) is 0 Å². The normalized spacial score (nSPS) is 12.3. The Bertz CT molecular complexity index is 449. The molecule has 0 aliphatic heterocycles. The monoisotopic (exact) mass is 261 g/mol. The van der Waals surface area contributed by atoms with E-state index in [1.54, 1.807) is 6.92 Å². The fourth-order valence-electron chi connectivity index (χ4n) is 1.93. The van der Waals surface area contributed by atoms with Crippen LogP contribution < -0.4 is 10.2 Å². The second kappa shape index (κ2) is 7.13. The lowest BCUT2D eigenvalue weighted by molar-refractivity contribution is 0.201. The molecular weight excluding hydrogens is 238 g/mol. The van der Waals surface area contributed by atoms with Crippen LogP contribution in [-0.4, -0.2) is 30.8 Å². The topological polar surface area (TPSA) is 59.3 Å². The number of aliphatic hydroxyl groups is 1. The molecule has 1 rings (SSSR count). The Morgan fingerprint density at radius 2 is 2.05 bits per heavy atom. The second-order valence-electron chi connectivity index (χ2n) is 5.23. The van der Waals surface area contributed by atoms with E-state index in [-0.39, 0.29) is 0 Å². The molecule has 0 saturated heterocycles. The summed E-state index contributed by atoms with van der Waals surface area (Å²) in [6, 6.07) is 8.51. The first-order chi connectivity index (χ1) is 8.93. The molecule has 0 bridgehead atoms. The van der Waals surface area contributed by atoms with Gasteiger partial charge in [0.2, 0.25) is 0 Å². The Hall–Kier alpha value is -1.57. The van der Waals surface area contributed by atoms with E-state index in [9.17, 15) is 10.4 Å². The van der Waals surface area contributed by atoms with Crippen molar-refractivity contribution in [2.45, 2.75) is 39.5 Å². The molecule has 0 saturated carbocycles. The molecule has 4 nitrogen and oxygen atoms in total. The van der Waals surface area contributed by atoms with E-state index < -0.39 is 6.10 Å². The van der Waals surface area contributed by atoms with Gasteiger partial charge in [-0.15, -0.1) is 0 Å². The SMILES string of the molecule is CC(O)CN(C)c1ccc(CNC(C)C)cc1C#N. The largest absolute Gasteiger partial charge is 0.392 e. The minimum absolute atomic E-state index is 0.418. The number of benzene rings is 1. The van der Waals surface area contributed by atoms with Crippen LogP contribution in [0.5, 0.6) is 0 Å². The average Bonchev–Trinajstić information content (AvgIpc) is 2.35. The predicted octanol–water partition coefficient (Wildman–Crippen LogP) is 1.87. The highest BCUT2D eigenvalue weighted by atomic mass is 16.3. The van der Waals surface area contributed by atoms with Gasteiger partial charge in [-0.25, -0.2) is 0 Å². The van der Waals surface area contributed by atoms with Crippen molar-refractivity contribution < 1.29 is 5.11 Å². The summed E-state index contributed by atoms with van der Waals surface area (Å²) in [5.41, 5.74) is 2.60. The summed E-state index contributed by atoms with van der Waals surface area (Å²) in [5, 5.41) is 22.0. The summed E-state index contributed by atoms with van der Waals surface area (Å²) < 4.78 is 0. The zero-order valence-corrected chi connectivity index (χ0v) is 12.1. The van der Waals surface area contributed by atoms with Crippen molar-refractivity contribution in [1.29, 1.82) is 5.26 Å². The molecule has 0 aliphatic rings. The smallest absolute Gasteiger partial charge is 0.101 e. The first-order valence-electron chi connectivity index (χ1n) is 6.59. The molecular formula is C15H23N3O. The number of nitrogens with zero attached hydrogens (tertiary/aromatic N) is 2. The number of anilines is 1. The van der Waals surface area contributed by atoms with Crippen molar-refractivity contribution in [2.24, 2.45) is 0 Å². The molecule has 0 heterocycles. The van der Waals surface area contributed by atoms with E-state index in [0.29, 0.717) is 18.2 Å². The van der Waals surface area contributed by atoms with Crippen molar-refractivity contribution in [2.75, 3.05) is 18.5 Å². The Kier molecular flexibility index (Phi) is 5.81. The van der Waals surface area contributed by atoms with Gasteiger partial charge < -0.3 is 15.3 Å². The first-order valence-corrected chi connectivity index (χ1v) is 6.59. The van der Waals surface area contributed by atoms with Crippen molar-refractivity contribution in [3.63, 3.8) is 0 Å². The predicted molar refractivity (Wildman–Crippen MR) is 78.1 cm³/mol. The molecule has 0 radical (unpaired) electrons. The fourth-order valence-corrected chi connectivity index (χ4v) is 1.93. The third-order valence-electron chi connectivity index (χ3n) is 2.85. The van der Waals surface area contributed by atoms with Gasteiger partial charge in [0, 0.05) is 26.2 Å². The fraction of sp³-hybridized carbons (Fsp3) is 0.533. The summed E-state index contributed by atoms with van der Waals surface area (Å²) in [7, 11) is 1.88. The summed E-state index contributed by atoms with van der Waals surface area (Å²) in [6.45, 7) is 7.19. The zero-order chi connectivity index (χ0) is 14.4. The number of likely N-dealkylation sites (N-methyl/N-ethyl adjacent to an activating group) is 1. The first kappa shape index (κ1) is 15.5. The van der Waals surface area contributed by atoms with Crippen molar-refractivity contribution in [3.05, 3.63) is 29.3 Å². The van der Waals surface area contributed by atoms with Crippen LogP contribution in [0.2, 0.25) is 0 Å². The molecule has 1 aromatic carbocycles. The summed E-state index contributed by atoms with van der Waals surface area (Å²) in [5.74, 6) is 0. The molecule has 1 unspecified atom stereocenters. The van der Waals surface area contributed by atoms with Crippen LogP contribution in [0.1, 0.15) is 31.9 Å². The van der Waals surface area contributed by atoms with Crippen molar-refractivity contribution >= 4 is 5.69 Å². The van der Waals surface area contributed by atoms with Crippen LogP contribution in [0.15, 0.2) is 18.2 Å². The van der Waals surface area contributed by atoms with E-state index >= 15 is 0 Å². The van der Waals surface area contributed by atoms with Crippen LogP contribution in [0.4, 0.5) is 5.69 Å². The lowest BCUT2D eigenvalue weighted by Crippen LogP contribution is -2.27. The lowest BCUT2D eigenvalue weighted by atomic mass is 10.1. The van der Waals surface area contributed by atoms with Crippen LogP contribution in [0.3, 0.4) is 0 Å². The molecule has 0 aliphatic carbocycles. The zero-order valence-electron chi connectivity index (χ0n) is 12.1. The van der Waals surface area contributed by atoms with Gasteiger partial charge in [0.25, 0.3) is 0 Å². The van der Waals surface area contributed by atoms with Crippen LogP contribution in [-0.2, 0) is 6.54 Å². The number of rotatable bonds is 6.